The number of nitrogens with one attached hydrogen (secondary N) is 1. The van der Waals surface area contributed by atoms with Gasteiger partial charge in [0, 0.05) is 28.9 Å². The van der Waals surface area contributed by atoms with Crippen molar-refractivity contribution in [3.8, 4) is 5.75 Å². The van der Waals surface area contributed by atoms with Crippen LogP contribution in [-0.4, -0.2) is 25.1 Å². The largest absolute Gasteiger partial charge is 0.480 e. The standard InChI is InChI=1S/C20H24Br2N2O2/c1-5-24(6-2)16-8-9-18(13(3)11-16)23-20(25)14(4)26-19-10-7-15(21)12-17(19)22/h7-12,14H,5-6H2,1-4H3,(H,23,25). The molecule has 6 heteroatoms. The molecule has 0 heterocycles. The number of anilines is 2. The molecule has 0 fully saturated rings. The Labute approximate surface area is 172 Å². The van der Waals surface area contributed by atoms with Crippen LogP contribution in [-0.2, 0) is 4.79 Å². The lowest BCUT2D eigenvalue weighted by Crippen LogP contribution is -2.30. The Morgan fingerprint density at radius 2 is 1.85 bits per heavy atom. The lowest BCUT2D eigenvalue weighted by molar-refractivity contribution is -0.122. The molecule has 1 unspecified atom stereocenters. The summed E-state index contributed by atoms with van der Waals surface area (Å²) in [4.78, 5) is 14.8. The SMILES string of the molecule is CCN(CC)c1ccc(NC(=O)C(C)Oc2ccc(Br)cc2Br)c(C)c1. The van der Waals surface area contributed by atoms with Gasteiger partial charge in [-0.25, -0.2) is 0 Å². The molecule has 0 aromatic heterocycles. The van der Waals surface area contributed by atoms with Gasteiger partial charge in [0.2, 0.25) is 0 Å². The van der Waals surface area contributed by atoms with Crippen LogP contribution in [0, 0.1) is 6.92 Å². The van der Waals surface area contributed by atoms with Crippen LogP contribution in [0.5, 0.6) is 5.75 Å². The van der Waals surface area contributed by atoms with Gasteiger partial charge in [-0.1, -0.05) is 15.9 Å². The molecule has 2 rings (SSSR count). The van der Waals surface area contributed by atoms with E-state index in [1.807, 2.05) is 37.3 Å². The van der Waals surface area contributed by atoms with E-state index in [1.54, 1.807) is 6.92 Å². The van der Waals surface area contributed by atoms with Crippen molar-refractivity contribution in [1.82, 2.24) is 0 Å². The maximum atomic E-state index is 12.5. The maximum Gasteiger partial charge on any atom is 0.265 e. The van der Waals surface area contributed by atoms with Crippen LogP contribution >= 0.6 is 31.9 Å². The van der Waals surface area contributed by atoms with Crippen molar-refractivity contribution >= 4 is 49.1 Å². The predicted molar refractivity (Wildman–Crippen MR) is 115 cm³/mol. The van der Waals surface area contributed by atoms with Crippen LogP contribution in [0.25, 0.3) is 0 Å². The summed E-state index contributed by atoms with van der Waals surface area (Å²) in [7, 11) is 0. The zero-order chi connectivity index (χ0) is 19.3. The fourth-order valence-electron chi connectivity index (χ4n) is 2.62. The first-order chi connectivity index (χ1) is 12.3. The van der Waals surface area contributed by atoms with Gasteiger partial charge in [0.15, 0.2) is 6.10 Å². The molecule has 0 saturated heterocycles. The number of amides is 1. The third-order valence-electron chi connectivity index (χ3n) is 4.16. The fourth-order valence-corrected chi connectivity index (χ4v) is 3.76. The monoisotopic (exact) mass is 482 g/mol. The number of rotatable bonds is 7. The number of carbonyl (C=O) groups is 1. The number of aryl methyl sites for hydroxylation is 1. The van der Waals surface area contributed by atoms with E-state index in [9.17, 15) is 4.79 Å². The molecular formula is C20H24Br2N2O2. The molecule has 4 nitrogen and oxygen atoms in total. The van der Waals surface area contributed by atoms with Crippen molar-refractivity contribution in [2.75, 3.05) is 23.3 Å². The predicted octanol–water partition coefficient (Wildman–Crippen LogP) is 5.77. The zero-order valence-electron chi connectivity index (χ0n) is 15.5. The first-order valence-corrected chi connectivity index (χ1v) is 10.2. The second kappa shape index (κ2) is 9.42. The van der Waals surface area contributed by atoms with Crippen LogP contribution < -0.4 is 15.0 Å². The van der Waals surface area contributed by atoms with E-state index in [2.05, 4.69) is 62.0 Å². The Morgan fingerprint density at radius 1 is 1.15 bits per heavy atom. The molecule has 0 spiro atoms. The van der Waals surface area contributed by atoms with Crippen molar-refractivity contribution in [1.29, 1.82) is 0 Å². The van der Waals surface area contributed by atoms with Gasteiger partial charge in [-0.05, 0) is 85.6 Å². The molecule has 0 saturated carbocycles. The Morgan fingerprint density at radius 3 is 2.42 bits per heavy atom. The molecule has 1 atom stereocenters. The highest BCUT2D eigenvalue weighted by atomic mass is 79.9. The molecule has 0 aliphatic rings. The van der Waals surface area contributed by atoms with E-state index in [4.69, 9.17) is 4.74 Å². The molecule has 0 bridgehead atoms. The Hall–Kier alpha value is -1.53. The Bertz CT molecular complexity index is 776. The summed E-state index contributed by atoms with van der Waals surface area (Å²) >= 11 is 6.85. The number of nitrogens with zero attached hydrogens (tertiary/aromatic N) is 1. The molecular weight excluding hydrogens is 460 g/mol. The minimum absolute atomic E-state index is 0.182. The maximum absolute atomic E-state index is 12.5. The number of halogens is 2. The van der Waals surface area contributed by atoms with Gasteiger partial charge in [0.25, 0.3) is 5.91 Å². The molecule has 1 N–H and O–H groups in total. The highest BCUT2D eigenvalue weighted by Gasteiger charge is 2.17. The van der Waals surface area contributed by atoms with Crippen molar-refractivity contribution < 1.29 is 9.53 Å². The lowest BCUT2D eigenvalue weighted by atomic mass is 10.1. The highest BCUT2D eigenvalue weighted by Crippen LogP contribution is 2.29. The van der Waals surface area contributed by atoms with Gasteiger partial charge in [0.05, 0.1) is 4.47 Å². The molecule has 0 aliphatic heterocycles. The molecule has 26 heavy (non-hydrogen) atoms. The number of carbonyl (C=O) groups excluding carboxylic acids is 1. The molecule has 0 aliphatic carbocycles. The summed E-state index contributed by atoms with van der Waals surface area (Å²) in [6.45, 7) is 9.91. The Balaban J connectivity index is 2.06. The molecule has 2 aromatic rings. The van der Waals surface area contributed by atoms with Crippen LogP contribution in [0.4, 0.5) is 11.4 Å². The smallest absolute Gasteiger partial charge is 0.265 e. The van der Waals surface area contributed by atoms with E-state index >= 15 is 0 Å². The minimum Gasteiger partial charge on any atom is -0.480 e. The van der Waals surface area contributed by atoms with Gasteiger partial charge in [-0.2, -0.15) is 0 Å². The summed E-state index contributed by atoms with van der Waals surface area (Å²) in [5, 5.41) is 2.96. The summed E-state index contributed by atoms with van der Waals surface area (Å²) in [6, 6.07) is 11.7. The van der Waals surface area contributed by atoms with Gasteiger partial charge in [-0.3, -0.25) is 4.79 Å². The molecule has 0 radical (unpaired) electrons. The van der Waals surface area contributed by atoms with Crippen molar-refractivity contribution in [3.05, 3.63) is 50.9 Å². The minimum atomic E-state index is -0.616. The average molecular weight is 484 g/mol. The highest BCUT2D eigenvalue weighted by molar-refractivity contribution is 9.11. The van der Waals surface area contributed by atoms with Crippen molar-refractivity contribution in [2.45, 2.75) is 33.8 Å². The van der Waals surface area contributed by atoms with E-state index in [-0.39, 0.29) is 5.91 Å². The summed E-state index contributed by atoms with van der Waals surface area (Å²) < 4.78 is 7.52. The van der Waals surface area contributed by atoms with Crippen LogP contribution in [0.1, 0.15) is 26.3 Å². The second-order valence-corrected chi connectivity index (χ2v) is 7.77. The Kier molecular flexibility index (Phi) is 7.53. The van der Waals surface area contributed by atoms with Gasteiger partial charge < -0.3 is 15.0 Å². The van der Waals surface area contributed by atoms with Crippen LogP contribution in [0.2, 0.25) is 0 Å². The van der Waals surface area contributed by atoms with Gasteiger partial charge in [-0.15, -0.1) is 0 Å². The molecule has 140 valence electrons. The number of hydrogen-bond acceptors (Lipinski definition) is 3. The van der Waals surface area contributed by atoms with E-state index in [0.717, 1.165) is 39.0 Å². The topological polar surface area (TPSA) is 41.6 Å². The molecule has 2 aromatic carbocycles. The van der Waals surface area contributed by atoms with Crippen LogP contribution in [0.15, 0.2) is 45.3 Å². The van der Waals surface area contributed by atoms with E-state index in [1.165, 1.54) is 0 Å². The fraction of sp³-hybridized carbons (Fsp3) is 0.350. The third kappa shape index (κ3) is 5.24. The first kappa shape index (κ1) is 20.8. The first-order valence-electron chi connectivity index (χ1n) is 8.63. The number of hydrogen-bond donors (Lipinski definition) is 1. The van der Waals surface area contributed by atoms with E-state index < -0.39 is 6.10 Å². The van der Waals surface area contributed by atoms with Crippen molar-refractivity contribution in [2.24, 2.45) is 0 Å². The van der Waals surface area contributed by atoms with Crippen molar-refractivity contribution in [3.63, 3.8) is 0 Å². The number of benzene rings is 2. The molecule has 1 amide bonds. The number of ether oxygens (including phenoxy) is 1. The third-order valence-corrected chi connectivity index (χ3v) is 5.28. The van der Waals surface area contributed by atoms with Gasteiger partial charge >= 0.3 is 0 Å². The van der Waals surface area contributed by atoms with Gasteiger partial charge in [0.1, 0.15) is 5.75 Å². The summed E-state index contributed by atoms with van der Waals surface area (Å²) in [5.74, 6) is 0.447. The average Bonchev–Trinajstić information content (AvgIpc) is 2.60. The second-order valence-electron chi connectivity index (χ2n) is 6.00. The summed E-state index contributed by atoms with van der Waals surface area (Å²) in [5.41, 5.74) is 2.99. The normalized spacial score (nSPS) is 11.8. The van der Waals surface area contributed by atoms with E-state index in [0.29, 0.717) is 5.75 Å². The van der Waals surface area contributed by atoms with Crippen LogP contribution in [0.3, 0.4) is 0 Å². The summed E-state index contributed by atoms with van der Waals surface area (Å²) in [6.07, 6.45) is -0.616. The zero-order valence-corrected chi connectivity index (χ0v) is 18.6. The lowest BCUT2D eigenvalue weighted by Gasteiger charge is -2.22. The quantitative estimate of drug-likeness (QED) is 0.543.